The Kier molecular flexibility index (Phi) is 6.64. The summed E-state index contributed by atoms with van der Waals surface area (Å²) >= 11 is 1.85. The zero-order chi connectivity index (χ0) is 11.8. The Hall–Kier alpha value is -0.420. The molecule has 0 amide bonds. The summed E-state index contributed by atoms with van der Waals surface area (Å²) in [6.07, 6.45) is 1.49. The van der Waals surface area contributed by atoms with Gasteiger partial charge in [0.25, 0.3) is 0 Å². The molecule has 0 bridgehead atoms. The molecule has 1 aromatic rings. The first-order chi connectivity index (χ1) is 7.76. The van der Waals surface area contributed by atoms with Gasteiger partial charge < -0.3 is 15.2 Å². The number of ether oxygens (including phenoxy) is 1. The first-order valence-corrected chi connectivity index (χ1v) is 6.53. The Balaban J connectivity index is 2.11. The van der Waals surface area contributed by atoms with Crippen LogP contribution in [0.2, 0.25) is 0 Å². The van der Waals surface area contributed by atoms with Crippen molar-refractivity contribution in [2.75, 3.05) is 20.3 Å². The fourth-order valence-corrected chi connectivity index (χ4v) is 2.39. The van der Waals surface area contributed by atoms with Gasteiger partial charge in [-0.3, -0.25) is 0 Å². The molecule has 1 atom stereocenters. The van der Waals surface area contributed by atoms with Crippen LogP contribution in [-0.4, -0.2) is 31.5 Å². The first kappa shape index (κ1) is 13.6. The van der Waals surface area contributed by atoms with E-state index in [1.165, 1.54) is 9.75 Å². The Morgan fingerprint density at radius 2 is 2.19 bits per heavy atom. The van der Waals surface area contributed by atoms with E-state index in [1.54, 1.807) is 7.11 Å². The minimum absolute atomic E-state index is 0.355. The quantitative estimate of drug-likeness (QED) is 0.684. The van der Waals surface area contributed by atoms with Gasteiger partial charge in [0.15, 0.2) is 0 Å². The van der Waals surface area contributed by atoms with Crippen LogP contribution >= 0.6 is 11.3 Å². The Morgan fingerprint density at radius 3 is 2.81 bits per heavy atom. The molecule has 2 N–H and O–H groups in total. The van der Waals surface area contributed by atoms with Gasteiger partial charge in [-0.25, -0.2) is 0 Å². The molecule has 0 saturated heterocycles. The number of hydrogen-bond donors (Lipinski definition) is 2. The predicted molar refractivity (Wildman–Crippen MR) is 67.9 cm³/mol. The van der Waals surface area contributed by atoms with Crippen molar-refractivity contribution < 1.29 is 9.84 Å². The lowest BCUT2D eigenvalue weighted by molar-refractivity contribution is 0.0594. The zero-order valence-corrected chi connectivity index (χ0v) is 10.8. The second-order valence-corrected chi connectivity index (χ2v) is 5.05. The van der Waals surface area contributed by atoms with E-state index in [1.807, 2.05) is 11.3 Å². The van der Waals surface area contributed by atoms with Crippen molar-refractivity contribution in [2.24, 2.45) is 0 Å². The van der Waals surface area contributed by atoms with Gasteiger partial charge in [-0.1, -0.05) is 6.92 Å². The Bertz CT molecular complexity index is 288. The maximum Gasteiger partial charge on any atom is 0.0785 e. The third-order valence-corrected chi connectivity index (χ3v) is 3.61. The fraction of sp³-hybridized carbons (Fsp3) is 0.667. The molecule has 92 valence electrons. The molecule has 3 nitrogen and oxygen atoms in total. The molecule has 0 saturated carbocycles. The van der Waals surface area contributed by atoms with Gasteiger partial charge in [-0.2, -0.15) is 0 Å². The van der Waals surface area contributed by atoms with Crippen LogP contribution in [0.1, 0.15) is 23.1 Å². The minimum Gasteiger partial charge on any atom is -0.391 e. The van der Waals surface area contributed by atoms with Gasteiger partial charge in [0, 0.05) is 23.4 Å². The standard InChI is InChI=1S/C12H21NO2S/c1-3-11-4-5-12(16-11)8-13-7-6-10(14)9-15-2/h4-5,10,13-14H,3,6-9H2,1-2H3. The van der Waals surface area contributed by atoms with E-state index in [4.69, 9.17) is 4.74 Å². The Labute approximate surface area is 101 Å². The monoisotopic (exact) mass is 243 g/mol. The zero-order valence-electron chi connectivity index (χ0n) is 10.0. The van der Waals surface area contributed by atoms with E-state index in [-0.39, 0.29) is 6.10 Å². The van der Waals surface area contributed by atoms with Crippen molar-refractivity contribution in [1.29, 1.82) is 0 Å². The normalized spacial score (nSPS) is 12.9. The van der Waals surface area contributed by atoms with E-state index in [0.29, 0.717) is 6.61 Å². The van der Waals surface area contributed by atoms with Crippen LogP contribution in [0.4, 0.5) is 0 Å². The van der Waals surface area contributed by atoms with E-state index < -0.39 is 0 Å². The number of methoxy groups -OCH3 is 1. The third kappa shape index (κ3) is 5.07. The van der Waals surface area contributed by atoms with Crippen LogP contribution in [0.5, 0.6) is 0 Å². The molecule has 0 spiro atoms. The van der Waals surface area contributed by atoms with Gasteiger partial charge in [-0.15, -0.1) is 11.3 Å². The average molecular weight is 243 g/mol. The average Bonchev–Trinajstić information content (AvgIpc) is 2.73. The van der Waals surface area contributed by atoms with Crippen LogP contribution < -0.4 is 5.32 Å². The van der Waals surface area contributed by atoms with E-state index in [0.717, 1.165) is 25.9 Å². The molecule has 0 aromatic carbocycles. The molecule has 1 unspecified atom stereocenters. The lowest BCUT2D eigenvalue weighted by Gasteiger charge is -2.09. The number of rotatable bonds is 8. The Morgan fingerprint density at radius 1 is 1.44 bits per heavy atom. The number of thiophene rings is 1. The lowest BCUT2D eigenvalue weighted by Crippen LogP contribution is -2.22. The summed E-state index contributed by atoms with van der Waals surface area (Å²) in [7, 11) is 1.61. The predicted octanol–water partition coefficient (Wildman–Crippen LogP) is 1.80. The number of nitrogens with one attached hydrogen (secondary N) is 1. The second kappa shape index (κ2) is 7.79. The van der Waals surface area contributed by atoms with Crippen LogP contribution in [0, 0.1) is 0 Å². The summed E-state index contributed by atoms with van der Waals surface area (Å²) in [5, 5.41) is 12.7. The van der Waals surface area contributed by atoms with Crippen molar-refractivity contribution in [3.63, 3.8) is 0 Å². The molecule has 0 fully saturated rings. The number of aliphatic hydroxyl groups is 1. The molecule has 4 heteroatoms. The minimum atomic E-state index is -0.355. The van der Waals surface area contributed by atoms with Crippen LogP contribution in [0.25, 0.3) is 0 Å². The molecule has 1 heterocycles. The van der Waals surface area contributed by atoms with Crippen molar-refractivity contribution in [3.05, 3.63) is 21.9 Å². The van der Waals surface area contributed by atoms with Crippen molar-refractivity contribution in [2.45, 2.75) is 32.4 Å². The van der Waals surface area contributed by atoms with Gasteiger partial charge >= 0.3 is 0 Å². The molecule has 16 heavy (non-hydrogen) atoms. The second-order valence-electron chi connectivity index (χ2n) is 3.80. The SMILES string of the molecule is CCc1ccc(CNCCC(O)COC)s1. The number of aliphatic hydroxyl groups excluding tert-OH is 1. The molecular weight excluding hydrogens is 222 g/mol. The summed E-state index contributed by atoms with van der Waals surface area (Å²) in [4.78, 5) is 2.79. The number of hydrogen-bond acceptors (Lipinski definition) is 4. The van der Waals surface area contributed by atoms with Crippen molar-refractivity contribution >= 4 is 11.3 Å². The topological polar surface area (TPSA) is 41.5 Å². The van der Waals surface area contributed by atoms with E-state index >= 15 is 0 Å². The van der Waals surface area contributed by atoms with Crippen molar-refractivity contribution in [3.8, 4) is 0 Å². The molecule has 1 aromatic heterocycles. The van der Waals surface area contributed by atoms with Crippen LogP contribution in [-0.2, 0) is 17.7 Å². The highest BCUT2D eigenvalue weighted by Crippen LogP contribution is 2.16. The summed E-state index contributed by atoms with van der Waals surface area (Å²) < 4.78 is 4.86. The summed E-state index contributed by atoms with van der Waals surface area (Å²) in [5.74, 6) is 0. The van der Waals surface area contributed by atoms with Gasteiger partial charge in [0.2, 0.25) is 0 Å². The van der Waals surface area contributed by atoms with Gasteiger partial charge in [0.05, 0.1) is 12.7 Å². The molecule has 0 radical (unpaired) electrons. The maximum absolute atomic E-state index is 9.43. The molecule has 1 rings (SSSR count). The molecule has 0 aliphatic heterocycles. The summed E-state index contributed by atoms with van der Waals surface area (Å²) in [6, 6.07) is 4.35. The first-order valence-electron chi connectivity index (χ1n) is 5.71. The molecular formula is C12H21NO2S. The third-order valence-electron chi connectivity index (χ3n) is 2.38. The van der Waals surface area contributed by atoms with Gasteiger partial charge in [0.1, 0.15) is 0 Å². The number of aryl methyl sites for hydroxylation is 1. The maximum atomic E-state index is 9.43. The smallest absolute Gasteiger partial charge is 0.0785 e. The summed E-state index contributed by atoms with van der Waals surface area (Å²) in [5.41, 5.74) is 0. The highest BCUT2D eigenvalue weighted by Gasteiger charge is 2.03. The highest BCUT2D eigenvalue weighted by atomic mass is 32.1. The summed E-state index contributed by atoms with van der Waals surface area (Å²) in [6.45, 7) is 4.30. The van der Waals surface area contributed by atoms with Crippen LogP contribution in [0.15, 0.2) is 12.1 Å². The van der Waals surface area contributed by atoms with E-state index in [9.17, 15) is 5.11 Å². The lowest BCUT2D eigenvalue weighted by atomic mass is 10.2. The molecule has 0 aliphatic carbocycles. The van der Waals surface area contributed by atoms with Crippen LogP contribution in [0.3, 0.4) is 0 Å². The highest BCUT2D eigenvalue weighted by molar-refractivity contribution is 7.11. The largest absolute Gasteiger partial charge is 0.391 e. The van der Waals surface area contributed by atoms with Crippen molar-refractivity contribution in [1.82, 2.24) is 5.32 Å². The fourth-order valence-electron chi connectivity index (χ4n) is 1.46. The molecule has 0 aliphatic rings. The van der Waals surface area contributed by atoms with E-state index in [2.05, 4.69) is 24.4 Å². The van der Waals surface area contributed by atoms with Gasteiger partial charge in [-0.05, 0) is 31.5 Å².